The molecule has 0 fully saturated rings. The van der Waals surface area contributed by atoms with Crippen LogP contribution in [0.3, 0.4) is 0 Å². The third kappa shape index (κ3) is 4.17. The molecule has 0 aliphatic heterocycles. The smallest absolute Gasteiger partial charge is 0.0622 e. The standard InChI is InChI=1S/C49H32/c1-2-13-33(14-3-1)34-15-10-16-35(29-34)36-17-11-18-37(30-36)38-19-12-20-39(31-38)40-27-28-44-43-23-6-9-26-47(43)49(48(44)32-40)45-24-7-4-21-41(45)42-22-5-8-25-46(42)49/h1-32H. The lowest BCUT2D eigenvalue weighted by Gasteiger charge is -2.30. The van der Waals surface area contributed by atoms with E-state index in [1.807, 2.05) is 0 Å². The van der Waals surface area contributed by atoms with Gasteiger partial charge in [0.05, 0.1) is 5.41 Å². The first-order valence-electron chi connectivity index (χ1n) is 17.1. The van der Waals surface area contributed by atoms with Gasteiger partial charge in [-0.15, -0.1) is 0 Å². The quantitative estimate of drug-likeness (QED) is 0.184. The maximum atomic E-state index is 2.47. The van der Waals surface area contributed by atoms with Crippen molar-refractivity contribution >= 4 is 0 Å². The van der Waals surface area contributed by atoms with Gasteiger partial charge in [0.2, 0.25) is 0 Å². The molecule has 0 saturated heterocycles. The maximum Gasteiger partial charge on any atom is 0.0725 e. The predicted octanol–water partition coefficient (Wildman–Crippen LogP) is 12.7. The number of benzene rings is 8. The van der Waals surface area contributed by atoms with E-state index in [2.05, 4.69) is 194 Å². The summed E-state index contributed by atoms with van der Waals surface area (Å²) < 4.78 is 0. The van der Waals surface area contributed by atoms with Crippen LogP contribution < -0.4 is 0 Å². The van der Waals surface area contributed by atoms with Gasteiger partial charge in [-0.25, -0.2) is 0 Å². The van der Waals surface area contributed by atoms with Crippen LogP contribution in [0.2, 0.25) is 0 Å². The summed E-state index contributed by atoms with van der Waals surface area (Å²) in [5, 5.41) is 0. The predicted molar refractivity (Wildman–Crippen MR) is 204 cm³/mol. The molecule has 0 aromatic heterocycles. The molecule has 0 unspecified atom stereocenters. The third-order valence-corrected chi connectivity index (χ3v) is 10.7. The summed E-state index contributed by atoms with van der Waals surface area (Å²) >= 11 is 0. The van der Waals surface area contributed by atoms with E-state index in [1.165, 1.54) is 89.0 Å². The molecule has 8 aromatic carbocycles. The van der Waals surface area contributed by atoms with Crippen LogP contribution in [0.15, 0.2) is 194 Å². The van der Waals surface area contributed by atoms with E-state index in [0.29, 0.717) is 0 Å². The van der Waals surface area contributed by atoms with E-state index in [1.54, 1.807) is 0 Å². The van der Waals surface area contributed by atoms with Crippen molar-refractivity contribution < 1.29 is 0 Å². The van der Waals surface area contributed by atoms with Gasteiger partial charge in [-0.2, -0.15) is 0 Å². The van der Waals surface area contributed by atoms with Crippen molar-refractivity contribution in [1.82, 2.24) is 0 Å². The average Bonchev–Trinajstić information content (AvgIpc) is 3.65. The van der Waals surface area contributed by atoms with E-state index in [9.17, 15) is 0 Å². The number of fused-ring (bicyclic) bond motifs is 10. The zero-order valence-electron chi connectivity index (χ0n) is 27.0. The van der Waals surface area contributed by atoms with Gasteiger partial charge in [0.15, 0.2) is 0 Å². The van der Waals surface area contributed by atoms with Crippen LogP contribution in [0.25, 0.3) is 66.8 Å². The Morgan fingerprint density at radius 1 is 0.204 bits per heavy atom. The Kier molecular flexibility index (Phi) is 6.19. The first-order chi connectivity index (χ1) is 24.3. The molecule has 0 bridgehead atoms. The van der Waals surface area contributed by atoms with Crippen LogP contribution in [-0.4, -0.2) is 0 Å². The van der Waals surface area contributed by atoms with Gasteiger partial charge in [-0.1, -0.05) is 170 Å². The van der Waals surface area contributed by atoms with Crippen LogP contribution in [0.5, 0.6) is 0 Å². The Morgan fingerprint density at radius 2 is 0.531 bits per heavy atom. The Morgan fingerprint density at radius 3 is 0.980 bits per heavy atom. The molecule has 0 heteroatoms. The van der Waals surface area contributed by atoms with Crippen LogP contribution in [-0.2, 0) is 5.41 Å². The lowest BCUT2D eigenvalue weighted by atomic mass is 9.70. The molecule has 49 heavy (non-hydrogen) atoms. The number of rotatable bonds is 4. The highest BCUT2D eigenvalue weighted by molar-refractivity contribution is 5.96. The second kappa shape index (κ2) is 10.9. The Bertz CT molecular complexity index is 2490. The molecular weight excluding hydrogens is 589 g/mol. The summed E-state index contributed by atoms with van der Waals surface area (Å²) in [4.78, 5) is 0. The SMILES string of the molecule is c1ccc(-c2cccc(-c3cccc(-c4cccc(-c5ccc6c(c5)C5(c7ccccc7-c7ccccc75)c5ccccc5-6)c4)c3)c2)cc1. The van der Waals surface area contributed by atoms with Crippen molar-refractivity contribution in [3.8, 4) is 66.8 Å². The van der Waals surface area contributed by atoms with Crippen molar-refractivity contribution in [2.45, 2.75) is 5.41 Å². The highest BCUT2D eigenvalue weighted by atomic mass is 14.5. The summed E-state index contributed by atoms with van der Waals surface area (Å²) in [5.74, 6) is 0. The molecular formula is C49H32. The molecule has 0 saturated carbocycles. The van der Waals surface area contributed by atoms with E-state index in [0.717, 1.165) is 0 Å². The fraction of sp³-hybridized carbons (Fsp3) is 0.0204. The van der Waals surface area contributed by atoms with E-state index in [-0.39, 0.29) is 5.41 Å². The first-order valence-corrected chi connectivity index (χ1v) is 17.1. The van der Waals surface area contributed by atoms with Gasteiger partial charge in [0, 0.05) is 0 Å². The zero-order valence-corrected chi connectivity index (χ0v) is 27.0. The third-order valence-electron chi connectivity index (χ3n) is 10.7. The van der Waals surface area contributed by atoms with Gasteiger partial charge in [-0.05, 0) is 113 Å². The largest absolute Gasteiger partial charge is 0.0725 e. The van der Waals surface area contributed by atoms with Gasteiger partial charge in [0.1, 0.15) is 0 Å². The molecule has 228 valence electrons. The van der Waals surface area contributed by atoms with Gasteiger partial charge >= 0.3 is 0 Å². The Balaban J connectivity index is 1.09. The van der Waals surface area contributed by atoms with Crippen molar-refractivity contribution in [2.75, 3.05) is 0 Å². The molecule has 1 spiro atoms. The average molecular weight is 621 g/mol. The summed E-state index contributed by atoms with van der Waals surface area (Å²) in [6.45, 7) is 0. The summed E-state index contributed by atoms with van der Waals surface area (Å²) in [6, 6.07) is 71.6. The molecule has 0 radical (unpaired) electrons. The minimum atomic E-state index is -0.338. The molecule has 0 nitrogen and oxygen atoms in total. The lowest BCUT2D eigenvalue weighted by molar-refractivity contribution is 0.794. The number of hydrogen-bond acceptors (Lipinski definition) is 0. The molecule has 2 aliphatic carbocycles. The molecule has 10 rings (SSSR count). The van der Waals surface area contributed by atoms with Gasteiger partial charge < -0.3 is 0 Å². The van der Waals surface area contributed by atoms with Crippen molar-refractivity contribution in [1.29, 1.82) is 0 Å². The second-order valence-corrected chi connectivity index (χ2v) is 13.3. The van der Waals surface area contributed by atoms with E-state index in [4.69, 9.17) is 0 Å². The monoisotopic (exact) mass is 620 g/mol. The van der Waals surface area contributed by atoms with Crippen molar-refractivity contribution in [2.24, 2.45) is 0 Å². The van der Waals surface area contributed by atoms with E-state index < -0.39 is 0 Å². The first kappa shape index (κ1) is 27.8. The Hall–Kier alpha value is -6.24. The van der Waals surface area contributed by atoms with Gasteiger partial charge in [-0.3, -0.25) is 0 Å². The molecule has 0 atom stereocenters. The number of hydrogen-bond donors (Lipinski definition) is 0. The van der Waals surface area contributed by atoms with Gasteiger partial charge in [0.25, 0.3) is 0 Å². The normalized spacial score (nSPS) is 13.1. The fourth-order valence-electron chi connectivity index (χ4n) is 8.54. The fourth-order valence-corrected chi connectivity index (χ4v) is 8.54. The van der Waals surface area contributed by atoms with Crippen LogP contribution in [0.4, 0.5) is 0 Å². The minimum Gasteiger partial charge on any atom is -0.0622 e. The molecule has 0 heterocycles. The summed E-state index contributed by atoms with van der Waals surface area (Å²) in [5.41, 5.74) is 20.3. The van der Waals surface area contributed by atoms with Crippen molar-refractivity contribution in [3.63, 3.8) is 0 Å². The zero-order chi connectivity index (χ0) is 32.4. The summed E-state index contributed by atoms with van der Waals surface area (Å²) in [7, 11) is 0. The molecule has 0 N–H and O–H groups in total. The van der Waals surface area contributed by atoms with Crippen LogP contribution >= 0.6 is 0 Å². The van der Waals surface area contributed by atoms with Crippen LogP contribution in [0, 0.1) is 0 Å². The summed E-state index contributed by atoms with van der Waals surface area (Å²) in [6.07, 6.45) is 0. The highest BCUT2D eigenvalue weighted by Gasteiger charge is 2.51. The molecule has 0 amide bonds. The minimum absolute atomic E-state index is 0.338. The Labute approximate surface area is 287 Å². The maximum absolute atomic E-state index is 2.47. The lowest BCUT2D eigenvalue weighted by Crippen LogP contribution is -2.25. The second-order valence-electron chi connectivity index (χ2n) is 13.3. The highest BCUT2D eigenvalue weighted by Crippen LogP contribution is 2.63. The molecule has 2 aliphatic rings. The van der Waals surface area contributed by atoms with Crippen molar-refractivity contribution in [3.05, 3.63) is 216 Å². The topological polar surface area (TPSA) is 0 Å². The molecule has 8 aromatic rings. The van der Waals surface area contributed by atoms with E-state index >= 15 is 0 Å². The van der Waals surface area contributed by atoms with Crippen LogP contribution in [0.1, 0.15) is 22.3 Å².